The fraction of sp³-hybridized carbons (Fsp3) is 0.833. The van der Waals surface area contributed by atoms with Gasteiger partial charge in [0.15, 0.2) is 0 Å². The number of unbranched alkanes of at least 4 members (excludes halogenated alkanes) is 10. The summed E-state index contributed by atoms with van der Waals surface area (Å²) in [4.78, 5) is 29.7. The molecule has 0 aromatic carbocycles. The predicted octanol–water partition coefficient (Wildman–Crippen LogP) is 4.44. The molecule has 0 bridgehead atoms. The highest BCUT2D eigenvalue weighted by atomic mass is 16.7. The Balaban J connectivity index is 3.73. The van der Waals surface area contributed by atoms with Crippen molar-refractivity contribution in [1.29, 1.82) is 0 Å². The topological polar surface area (TPSA) is 103 Å². The minimum absolute atomic E-state index is 0.127. The Hall–Kier alpha value is -1.97. The molecular formula is C18H29N2O5. The number of hydrogen-bond acceptors (Lipinski definition) is 5. The van der Waals surface area contributed by atoms with Crippen molar-refractivity contribution < 1.29 is 14.6 Å². The van der Waals surface area contributed by atoms with Crippen LogP contribution in [0.2, 0.25) is 0 Å². The molecule has 0 atom stereocenters. The van der Waals surface area contributed by atoms with Crippen molar-refractivity contribution in [2.45, 2.75) is 96.1 Å². The summed E-state index contributed by atoms with van der Waals surface area (Å²) >= 11 is 0. The van der Waals surface area contributed by atoms with E-state index in [9.17, 15) is 25.0 Å². The maximum Gasteiger partial charge on any atom is 0.523 e. The smallest absolute Gasteiger partial charge is 0.273 e. The van der Waals surface area contributed by atoms with Gasteiger partial charge in [-0.25, -0.2) is 0 Å². The molecule has 0 aromatic rings. The molecule has 0 aliphatic rings. The van der Waals surface area contributed by atoms with Gasteiger partial charge in [0.1, 0.15) is 9.85 Å². The van der Waals surface area contributed by atoms with Gasteiger partial charge in [0, 0.05) is 12.8 Å². The third-order valence-electron chi connectivity index (χ3n) is 4.13. The second-order valence-corrected chi connectivity index (χ2v) is 6.22. The van der Waals surface area contributed by atoms with Crippen molar-refractivity contribution in [2.75, 3.05) is 0 Å². The predicted molar refractivity (Wildman–Crippen MR) is 95.9 cm³/mol. The first-order valence-corrected chi connectivity index (χ1v) is 9.15. The lowest BCUT2D eigenvalue weighted by atomic mass is 10.1. The second-order valence-electron chi connectivity index (χ2n) is 6.22. The summed E-state index contributed by atoms with van der Waals surface area (Å²) in [6, 6.07) is 0. The standard InChI is InChI=1S/C18H29N2O5/c1-2-3-4-5-6-7-8-9-10-11-12-13-14-15-16-18(17-21,19(22)23)20(24)25/h2-11,14-16H2,1H3. The molecule has 0 heterocycles. The van der Waals surface area contributed by atoms with Crippen molar-refractivity contribution in [1.82, 2.24) is 0 Å². The summed E-state index contributed by atoms with van der Waals surface area (Å²) in [5.74, 6) is 5.84. The lowest BCUT2D eigenvalue weighted by molar-refractivity contribution is -0.772. The molecule has 0 amide bonds. The molecule has 25 heavy (non-hydrogen) atoms. The number of nitrogens with zero attached hydrogens (tertiary/aromatic N) is 2. The minimum Gasteiger partial charge on any atom is -0.273 e. The molecule has 7 heteroatoms. The monoisotopic (exact) mass is 353 g/mol. The molecule has 1 radical (unpaired) electrons. The van der Waals surface area contributed by atoms with E-state index in [1.54, 1.807) is 0 Å². The molecule has 0 unspecified atom stereocenters. The van der Waals surface area contributed by atoms with Gasteiger partial charge in [-0.2, -0.15) is 0 Å². The molecule has 7 nitrogen and oxygen atoms in total. The van der Waals surface area contributed by atoms with Crippen molar-refractivity contribution in [2.24, 2.45) is 0 Å². The van der Waals surface area contributed by atoms with Crippen LogP contribution in [0, 0.1) is 32.1 Å². The van der Waals surface area contributed by atoms with Gasteiger partial charge in [-0.3, -0.25) is 25.0 Å². The van der Waals surface area contributed by atoms with Crippen LogP contribution >= 0.6 is 0 Å². The largest absolute Gasteiger partial charge is 0.523 e. The number of hydrogen-bond donors (Lipinski definition) is 0. The maximum absolute atomic E-state index is 10.7. The van der Waals surface area contributed by atoms with Crippen LogP contribution in [0.4, 0.5) is 0 Å². The van der Waals surface area contributed by atoms with Crippen LogP contribution in [0.1, 0.15) is 90.4 Å². The lowest BCUT2D eigenvalue weighted by Crippen LogP contribution is -2.47. The van der Waals surface area contributed by atoms with Crippen molar-refractivity contribution >= 4 is 6.29 Å². The SMILES string of the molecule is CCCCCCCCCCCC#CCCCC([C]=O)([N+](=O)[O-])[N+](=O)[O-]. The summed E-state index contributed by atoms with van der Waals surface area (Å²) in [7, 11) is 0. The van der Waals surface area contributed by atoms with E-state index in [4.69, 9.17) is 0 Å². The maximum atomic E-state index is 10.7. The Labute approximate surface area is 149 Å². The fourth-order valence-electron chi connectivity index (χ4n) is 2.50. The average molecular weight is 353 g/mol. The number of nitro groups is 2. The van der Waals surface area contributed by atoms with Crippen LogP contribution < -0.4 is 0 Å². The molecule has 0 aromatic heterocycles. The minimum atomic E-state index is -2.85. The van der Waals surface area contributed by atoms with E-state index in [-0.39, 0.29) is 6.42 Å². The van der Waals surface area contributed by atoms with Gasteiger partial charge in [-0.15, -0.1) is 11.8 Å². The molecule has 0 aliphatic carbocycles. The zero-order valence-corrected chi connectivity index (χ0v) is 15.1. The summed E-state index contributed by atoms with van der Waals surface area (Å²) in [6.07, 6.45) is 12.9. The van der Waals surface area contributed by atoms with Gasteiger partial charge in [0.25, 0.3) is 0 Å². The van der Waals surface area contributed by atoms with Crippen LogP contribution in [0.3, 0.4) is 0 Å². The average Bonchev–Trinajstić information content (AvgIpc) is 2.58. The van der Waals surface area contributed by atoms with Gasteiger partial charge in [0.05, 0.1) is 6.42 Å². The first kappa shape index (κ1) is 23.0. The molecule has 0 N–H and O–H groups in total. The highest BCUT2D eigenvalue weighted by Gasteiger charge is 2.57. The molecule has 0 spiro atoms. The fourth-order valence-corrected chi connectivity index (χ4v) is 2.50. The lowest BCUT2D eigenvalue weighted by Gasteiger charge is -2.08. The van der Waals surface area contributed by atoms with E-state index in [0.29, 0.717) is 6.42 Å². The molecule has 0 saturated carbocycles. The van der Waals surface area contributed by atoms with E-state index >= 15 is 0 Å². The number of rotatable bonds is 15. The highest BCUT2D eigenvalue weighted by Crippen LogP contribution is 2.17. The highest BCUT2D eigenvalue weighted by molar-refractivity contribution is 5.60. The normalized spacial score (nSPS) is 10.8. The van der Waals surface area contributed by atoms with Gasteiger partial charge in [-0.05, 0) is 12.8 Å². The van der Waals surface area contributed by atoms with Gasteiger partial charge in [0.2, 0.25) is 0 Å². The molecular weight excluding hydrogens is 324 g/mol. The molecule has 0 fully saturated rings. The van der Waals surface area contributed by atoms with Crippen LogP contribution in [-0.4, -0.2) is 21.8 Å². The van der Waals surface area contributed by atoms with Crippen LogP contribution in [0.25, 0.3) is 0 Å². The quantitative estimate of drug-likeness (QED) is 0.142. The second kappa shape index (κ2) is 14.4. The van der Waals surface area contributed by atoms with Crippen molar-refractivity contribution in [3.05, 3.63) is 20.2 Å². The zero-order valence-electron chi connectivity index (χ0n) is 15.1. The van der Waals surface area contributed by atoms with Gasteiger partial charge >= 0.3 is 11.9 Å². The summed E-state index contributed by atoms with van der Waals surface area (Å²) in [5.41, 5.74) is -2.85. The third kappa shape index (κ3) is 9.80. The van der Waals surface area contributed by atoms with E-state index < -0.39 is 21.9 Å². The van der Waals surface area contributed by atoms with Gasteiger partial charge in [-0.1, -0.05) is 58.3 Å². The number of carbonyl (C=O) groups excluding carboxylic acids is 1. The van der Waals surface area contributed by atoms with E-state index in [1.165, 1.54) is 44.9 Å². The molecule has 0 aliphatic heterocycles. The zero-order chi connectivity index (χ0) is 19.0. The first-order valence-electron chi connectivity index (χ1n) is 9.15. The van der Waals surface area contributed by atoms with E-state index in [2.05, 4.69) is 18.8 Å². The Kier molecular flexibility index (Phi) is 13.2. The Morgan fingerprint density at radius 2 is 1.20 bits per heavy atom. The molecule has 0 saturated heterocycles. The Morgan fingerprint density at radius 1 is 0.760 bits per heavy atom. The van der Waals surface area contributed by atoms with E-state index in [1.807, 2.05) is 0 Å². The molecule has 0 rings (SSSR count). The van der Waals surface area contributed by atoms with Crippen molar-refractivity contribution in [3.63, 3.8) is 0 Å². The van der Waals surface area contributed by atoms with Crippen LogP contribution in [0.15, 0.2) is 0 Å². The third-order valence-corrected chi connectivity index (χ3v) is 4.13. The summed E-state index contributed by atoms with van der Waals surface area (Å²) < 4.78 is 0. The van der Waals surface area contributed by atoms with Crippen LogP contribution in [0.5, 0.6) is 0 Å². The first-order chi connectivity index (χ1) is 12.0. The Bertz CT molecular complexity index is 454. The Morgan fingerprint density at radius 3 is 1.64 bits per heavy atom. The van der Waals surface area contributed by atoms with Crippen molar-refractivity contribution in [3.8, 4) is 11.8 Å². The van der Waals surface area contributed by atoms with Crippen LogP contribution in [-0.2, 0) is 4.79 Å². The summed E-state index contributed by atoms with van der Waals surface area (Å²) in [6.45, 7) is 2.21. The van der Waals surface area contributed by atoms with Gasteiger partial charge < -0.3 is 0 Å². The summed E-state index contributed by atoms with van der Waals surface area (Å²) in [5, 5.41) is 21.4. The van der Waals surface area contributed by atoms with E-state index in [0.717, 1.165) is 25.5 Å². The molecule has 141 valence electrons.